The second-order valence-corrected chi connectivity index (χ2v) is 6.32. The van der Waals surface area contributed by atoms with Crippen LogP contribution in [-0.4, -0.2) is 30.5 Å². The Morgan fingerprint density at radius 3 is 2.58 bits per heavy atom. The highest BCUT2D eigenvalue weighted by molar-refractivity contribution is 7.98. The molecule has 2 aromatic rings. The first kappa shape index (κ1) is 14.3. The Balaban J connectivity index is 1.92. The number of ketones is 1. The fraction of sp³-hybridized carbons (Fsp3) is 0.267. The monoisotopic (exact) mass is 291 g/mol. The van der Waals surface area contributed by atoms with Crippen LogP contribution in [0.2, 0.25) is 0 Å². The lowest BCUT2D eigenvalue weighted by molar-refractivity contribution is 0.0943. The van der Waals surface area contributed by atoms with E-state index in [1.165, 1.54) is 9.77 Å². The zero-order chi connectivity index (χ0) is 13.7. The molecule has 0 aliphatic heterocycles. The van der Waals surface area contributed by atoms with E-state index in [2.05, 4.69) is 16.3 Å². The SMILES string of the molecule is CSc1ccc(C(=O)CN(C)Cc2cccs2)cc1. The molecule has 0 saturated heterocycles. The molecular weight excluding hydrogens is 274 g/mol. The average Bonchev–Trinajstić information content (AvgIpc) is 2.91. The van der Waals surface area contributed by atoms with Gasteiger partial charge >= 0.3 is 0 Å². The fourth-order valence-electron chi connectivity index (χ4n) is 1.84. The number of carbonyl (C=O) groups is 1. The molecule has 19 heavy (non-hydrogen) atoms. The number of thiophene rings is 1. The number of rotatable bonds is 6. The van der Waals surface area contributed by atoms with Crippen LogP contribution < -0.4 is 0 Å². The van der Waals surface area contributed by atoms with Crippen LogP contribution in [0.15, 0.2) is 46.7 Å². The first-order chi connectivity index (χ1) is 9.19. The third-order valence-electron chi connectivity index (χ3n) is 2.83. The minimum atomic E-state index is 0.173. The summed E-state index contributed by atoms with van der Waals surface area (Å²) in [7, 11) is 1.98. The molecule has 1 aromatic carbocycles. The normalized spacial score (nSPS) is 10.9. The molecule has 0 amide bonds. The second kappa shape index (κ2) is 6.89. The van der Waals surface area contributed by atoms with Gasteiger partial charge in [0, 0.05) is 21.9 Å². The van der Waals surface area contributed by atoms with Gasteiger partial charge in [-0.05, 0) is 36.9 Å². The quantitative estimate of drug-likeness (QED) is 0.596. The number of nitrogens with zero attached hydrogens (tertiary/aromatic N) is 1. The van der Waals surface area contributed by atoms with Gasteiger partial charge in [-0.1, -0.05) is 18.2 Å². The molecule has 1 heterocycles. The van der Waals surface area contributed by atoms with Crippen molar-refractivity contribution in [3.05, 3.63) is 52.2 Å². The molecule has 0 spiro atoms. The predicted molar refractivity (Wildman–Crippen MR) is 83.2 cm³/mol. The molecule has 0 aliphatic rings. The van der Waals surface area contributed by atoms with E-state index >= 15 is 0 Å². The Kier molecular flexibility index (Phi) is 5.19. The number of thioether (sulfide) groups is 1. The number of Topliss-reactive ketones (excluding diaryl/α,β-unsaturated/α-hetero) is 1. The summed E-state index contributed by atoms with van der Waals surface area (Å²) >= 11 is 3.41. The van der Waals surface area contributed by atoms with Crippen LogP contribution in [0.1, 0.15) is 15.2 Å². The van der Waals surface area contributed by atoms with Gasteiger partial charge in [-0.15, -0.1) is 23.1 Å². The van der Waals surface area contributed by atoms with Gasteiger partial charge in [0.2, 0.25) is 0 Å². The molecule has 2 rings (SSSR count). The maximum Gasteiger partial charge on any atom is 0.176 e. The number of benzene rings is 1. The predicted octanol–water partition coefficient (Wildman–Crippen LogP) is 3.78. The molecule has 0 bridgehead atoms. The molecule has 4 heteroatoms. The van der Waals surface area contributed by atoms with Crippen LogP contribution in [-0.2, 0) is 6.54 Å². The minimum Gasteiger partial charge on any atom is -0.294 e. The lowest BCUT2D eigenvalue weighted by atomic mass is 10.1. The summed E-state index contributed by atoms with van der Waals surface area (Å²) in [5, 5.41) is 2.06. The van der Waals surface area contributed by atoms with E-state index in [0.29, 0.717) is 6.54 Å². The standard InChI is InChI=1S/C15H17NOS2/c1-16(10-14-4-3-9-19-14)11-15(17)12-5-7-13(18-2)8-6-12/h3-9H,10-11H2,1-2H3. The largest absolute Gasteiger partial charge is 0.294 e. The van der Waals surface area contributed by atoms with E-state index in [1.54, 1.807) is 23.1 Å². The van der Waals surface area contributed by atoms with Crippen LogP contribution in [0.25, 0.3) is 0 Å². The van der Waals surface area contributed by atoms with Crippen molar-refractivity contribution in [2.45, 2.75) is 11.4 Å². The van der Waals surface area contributed by atoms with Crippen LogP contribution >= 0.6 is 23.1 Å². The lowest BCUT2D eigenvalue weighted by Crippen LogP contribution is -2.25. The van der Waals surface area contributed by atoms with Crippen molar-refractivity contribution >= 4 is 28.9 Å². The van der Waals surface area contributed by atoms with Crippen LogP contribution in [0.3, 0.4) is 0 Å². The highest BCUT2D eigenvalue weighted by atomic mass is 32.2. The highest BCUT2D eigenvalue weighted by Crippen LogP contribution is 2.16. The van der Waals surface area contributed by atoms with Crippen LogP contribution in [0.5, 0.6) is 0 Å². The van der Waals surface area contributed by atoms with Gasteiger partial charge in [0.1, 0.15) is 0 Å². The minimum absolute atomic E-state index is 0.173. The van der Waals surface area contributed by atoms with Gasteiger partial charge < -0.3 is 0 Å². The first-order valence-electron chi connectivity index (χ1n) is 6.07. The number of likely N-dealkylation sites (N-methyl/N-ethyl adjacent to an activating group) is 1. The van der Waals surface area contributed by atoms with E-state index in [0.717, 1.165) is 12.1 Å². The summed E-state index contributed by atoms with van der Waals surface area (Å²) in [6.45, 7) is 1.28. The Labute approximate surface area is 122 Å². The van der Waals surface area contributed by atoms with Crippen molar-refractivity contribution in [2.75, 3.05) is 19.8 Å². The molecule has 0 fully saturated rings. The van der Waals surface area contributed by atoms with Crippen molar-refractivity contribution in [3.63, 3.8) is 0 Å². The van der Waals surface area contributed by atoms with E-state index in [1.807, 2.05) is 43.6 Å². The van der Waals surface area contributed by atoms with E-state index in [-0.39, 0.29) is 5.78 Å². The second-order valence-electron chi connectivity index (χ2n) is 4.40. The molecular formula is C15H17NOS2. The van der Waals surface area contributed by atoms with Crippen molar-refractivity contribution in [1.29, 1.82) is 0 Å². The Bertz CT molecular complexity index is 520. The smallest absolute Gasteiger partial charge is 0.176 e. The molecule has 1 aromatic heterocycles. The Hall–Kier alpha value is -1.10. The van der Waals surface area contributed by atoms with Gasteiger partial charge in [-0.2, -0.15) is 0 Å². The Morgan fingerprint density at radius 2 is 2.00 bits per heavy atom. The fourth-order valence-corrected chi connectivity index (χ4v) is 3.03. The van der Waals surface area contributed by atoms with Gasteiger partial charge in [0.25, 0.3) is 0 Å². The zero-order valence-electron chi connectivity index (χ0n) is 11.1. The summed E-state index contributed by atoms with van der Waals surface area (Å²) in [5.74, 6) is 0.173. The van der Waals surface area contributed by atoms with Gasteiger partial charge in [0.15, 0.2) is 5.78 Å². The summed E-state index contributed by atoms with van der Waals surface area (Å²) < 4.78 is 0. The summed E-state index contributed by atoms with van der Waals surface area (Å²) in [6, 6.07) is 11.9. The lowest BCUT2D eigenvalue weighted by Gasteiger charge is -2.14. The molecule has 0 unspecified atom stereocenters. The molecule has 0 radical (unpaired) electrons. The molecule has 0 aliphatic carbocycles. The Morgan fingerprint density at radius 1 is 1.26 bits per heavy atom. The van der Waals surface area contributed by atoms with E-state index in [4.69, 9.17) is 0 Å². The summed E-state index contributed by atoms with van der Waals surface area (Å²) in [6.07, 6.45) is 2.03. The number of hydrogen-bond acceptors (Lipinski definition) is 4. The summed E-state index contributed by atoms with van der Waals surface area (Å²) in [4.78, 5) is 16.7. The molecule has 2 nitrogen and oxygen atoms in total. The summed E-state index contributed by atoms with van der Waals surface area (Å²) in [5.41, 5.74) is 0.788. The molecule has 0 saturated carbocycles. The van der Waals surface area contributed by atoms with Crippen molar-refractivity contribution in [3.8, 4) is 0 Å². The van der Waals surface area contributed by atoms with Gasteiger partial charge in [0.05, 0.1) is 6.54 Å². The maximum absolute atomic E-state index is 12.1. The van der Waals surface area contributed by atoms with Crippen molar-refractivity contribution < 1.29 is 4.79 Å². The third kappa shape index (κ3) is 4.20. The topological polar surface area (TPSA) is 20.3 Å². The van der Waals surface area contributed by atoms with Crippen LogP contribution in [0, 0.1) is 0 Å². The molecule has 0 atom stereocenters. The number of carbonyl (C=O) groups excluding carboxylic acids is 1. The number of hydrogen-bond donors (Lipinski definition) is 0. The van der Waals surface area contributed by atoms with Gasteiger partial charge in [-0.25, -0.2) is 0 Å². The van der Waals surface area contributed by atoms with Crippen LogP contribution in [0.4, 0.5) is 0 Å². The average molecular weight is 291 g/mol. The molecule has 100 valence electrons. The zero-order valence-corrected chi connectivity index (χ0v) is 12.8. The van der Waals surface area contributed by atoms with E-state index in [9.17, 15) is 4.79 Å². The maximum atomic E-state index is 12.1. The van der Waals surface area contributed by atoms with Crippen molar-refractivity contribution in [2.24, 2.45) is 0 Å². The van der Waals surface area contributed by atoms with Crippen molar-refractivity contribution in [1.82, 2.24) is 4.90 Å². The molecule has 0 N–H and O–H groups in total. The third-order valence-corrected chi connectivity index (χ3v) is 4.44. The highest BCUT2D eigenvalue weighted by Gasteiger charge is 2.10. The first-order valence-corrected chi connectivity index (χ1v) is 8.17. The van der Waals surface area contributed by atoms with E-state index < -0.39 is 0 Å². The van der Waals surface area contributed by atoms with Gasteiger partial charge in [-0.3, -0.25) is 9.69 Å².